The smallest absolute Gasteiger partial charge is 0.333 e. The van der Waals surface area contributed by atoms with Crippen LogP contribution in [0.4, 0.5) is 15.9 Å². The van der Waals surface area contributed by atoms with E-state index in [1.54, 1.807) is 12.3 Å². The highest BCUT2D eigenvalue weighted by Crippen LogP contribution is 2.39. The van der Waals surface area contributed by atoms with Crippen LogP contribution in [0.25, 0.3) is 5.65 Å². The van der Waals surface area contributed by atoms with Gasteiger partial charge < -0.3 is 9.64 Å². The molecule has 1 saturated heterocycles. The van der Waals surface area contributed by atoms with Crippen LogP contribution in [0.15, 0.2) is 30.7 Å². The third kappa shape index (κ3) is 2.59. The molecule has 0 aliphatic carbocycles. The fourth-order valence-corrected chi connectivity index (χ4v) is 3.35. The Balaban J connectivity index is 1.77. The summed E-state index contributed by atoms with van der Waals surface area (Å²) in [7, 11) is 1.49. The van der Waals surface area contributed by atoms with Crippen molar-refractivity contribution in [2.45, 2.75) is 18.9 Å². The van der Waals surface area contributed by atoms with Crippen LogP contribution in [0.3, 0.4) is 0 Å². The normalized spacial score (nSPS) is 17.0. The van der Waals surface area contributed by atoms with Crippen LogP contribution in [0.2, 0.25) is 0 Å². The summed E-state index contributed by atoms with van der Waals surface area (Å²) in [4.78, 5) is 21.0. The summed E-state index contributed by atoms with van der Waals surface area (Å²) < 4.78 is 20.4. The van der Waals surface area contributed by atoms with E-state index < -0.39 is 10.7 Å². The molecule has 0 aromatic carbocycles. The molecule has 0 amide bonds. The van der Waals surface area contributed by atoms with Gasteiger partial charge in [0.1, 0.15) is 17.8 Å². The van der Waals surface area contributed by atoms with Crippen molar-refractivity contribution in [2.75, 3.05) is 18.6 Å². The number of nitro groups is 1. The molecule has 3 aromatic heterocycles. The zero-order chi connectivity index (χ0) is 18.3. The van der Waals surface area contributed by atoms with Crippen molar-refractivity contribution < 1.29 is 14.1 Å². The Bertz CT molecular complexity index is 991. The van der Waals surface area contributed by atoms with Crippen molar-refractivity contribution in [1.29, 1.82) is 0 Å². The Labute approximate surface area is 147 Å². The minimum Gasteiger partial charge on any atom is -0.481 e. The van der Waals surface area contributed by atoms with Gasteiger partial charge in [-0.2, -0.15) is 5.10 Å². The SMILES string of the molecule is COc1ncc(F)cc1[C@H]1CCCN1c1ccn2ncc([N+](=O)[O-])c2n1. The molecule has 10 heteroatoms. The van der Waals surface area contributed by atoms with Gasteiger partial charge in [-0.3, -0.25) is 10.1 Å². The number of methoxy groups -OCH3 is 1. The van der Waals surface area contributed by atoms with E-state index in [0.717, 1.165) is 19.0 Å². The van der Waals surface area contributed by atoms with Gasteiger partial charge >= 0.3 is 5.69 Å². The van der Waals surface area contributed by atoms with E-state index in [4.69, 9.17) is 4.74 Å². The molecule has 4 heterocycles. The Morgan fingerprint density at radius 2 is 2.27 bits per heavy atom. The van der Waals surface area contributed by atoms with Crippen LogP contribution in [0, 0.1) is 15.9 Å². The second-order valence-electron chi connectivity index (χ2n) is 5.94. The molecule has 0 saturated carbocycles. The fourth-order valence-electron chi connectivity index (χ4n) is 3.35. The Kier molecular flexibility index (Phi) is 3.86. The molecule has 1 atom stereocenters. The second-order valence-corrected chi connectivity index (χ2v) is 5.94. The Morgan fingerprint density at radius 3 is 3.04 bits per heavy atom. The predicted molar refractivity (Wildman–Crippen MR) is 89.7 cm³/mol. The number of fused-ring (bicyclic) bond motifs is 1. The highest BCUT2D eigenvalue weighted by molar-refractivity contribution is 5.61. The van der Waals surface area contributed by atoms with Crippen LogP contribution >= 0.6 is 0 Å². The first-order chi connectivity index (χ1) is 12.6. The number of pyridine rings is 1. The van der Waals surface area contributed by atoms with Gasteiger partial charge in [-0.25, -0.2) is 18.9 Å². The molecule has 0 unspecified atom stereocenters. The maximum absolute atomic E-state index is 13.7. The zero-order valence-electron chi connectivity index (χ0n) is 13.9. The first-order valence-corrected chi connectivity index (χ1v) is 8.03. The van der Waals surface area contributed by atoms with Gasteiger partial charge in [0.05, 0.1) is 24.3 Å². The fraction of sp³-hybridized carbons (Fsp3) is 0.312. The first kappa shape index (κ1) is 16.2. The van der Waals surface area contributed by atoms with Crippen LogP contribution in [0.1, 0.15) is 24.4 Å². The van der Waals surface area contributed by atoms with Gasteiger partial charge in [-0.05, 0) is 25.0 Å². The maximum atomic E-state index is 13.7. The van der Waals surface area contributed by atoms with Crippen molar-refractivity contribution in [3.8, 4) is 5.88 Å². The number of anilines is 1. The topological polar surface area (TPSA) is 98.7 Å². The molecule has 134 valence electrons. The number of nitrogens with zero attached hydrogens (tertiary/aromatic N) is 6. The van der Waals surface area contributed by atoms with E-state index in [0.29, 0.717) is 23.8 Å². The second kappa shape index (κ2) is 6.21. The van der Waals surface area contributed by atoms with Crippen LogP contribution in [-0.2, 0) is 0 Å². The van der Waals surface area contributed by atoms with E-state index >= 15 is 0 Å². The van der Waals surface area contributed by atoms with E-state index in [2.05, 4.69) is 15.1 Å². The lowest BCUT2D eigenvalue weighted by Gasteiger charge is -2.26. The number of aromatic nitrogens is 4. The molecular formula is C16H15FN6O3. The minimum atomic E-state index is -0.514. The largest absolute Gasteiger partial charge is 0.481 e. The summed E-state index contributed by atoms with van der Waals surface area (Å²) in [5.74, 6) is 0.483. The van der Waals surface area contributed by atoms with Crippen molar-refractivity contribution in [3.05, 3.63) is 52.2 Å². The molecule has 1 fully saturated rings. The molecular weight excluding hydrogens is 343 g/mol. The Hall–Kier alpha value is -3.30. The van der Waals surface area contributed by atoms with Crippen molar-refractivity contribution in [1.82, 2.24) is 19.6 Å². The minimum absolute atomic E-state index is 0.160. The van der Waals surface area contributed by atoms with Gasteiger partial charge in [0.15, 0.2) is 0 Å². The molecule has 26 heavy (non-hydrogen) atoms. The van der Waals surface area contributed by atoms with Gasteiger partial charge in [-0.1, -0.05) is 0 Å². The van der Waals surface area contributed by atoms with E-state index in [1.807, 2.05) is 4.90 Å². The van der Waals surface area contributed by atoms with Crippen LogP contribution in [0.5, 0.6) is 5.88 Å². The third-order valence-electron chi connectivity index (χ3n) is 4.48. The first-order valence-electron chi connectivity index (χ1n) is 8.03. The molecule has 1 aliphatic heterocycles. The summed E-state index contributed by atoms with van der Waals surface area (Å²) >= 11 is 0. The average molecular weight is 358 g/mol. The molecule has 1 aliphatic rings. The Morgan fingerprint density at radius 1 is 1.42 bits per heavy atom. The van der Waals surface area contributed by atoms with Gasteiger partial charge in [0.2, 0.25) is 11.5 Å². The summed E-state index contributed by atoms with van der Waals surface area (Å²) in [6.07, 6.45) is 5.56. The molecule has 0 bridgehead atoms. The predicted octanol–water partition coefficient (Wildman–Crippen LogP) is 2.52. The highest BCUT2D eigenvalue weighted by Gasteiger charge is 2.31. The van der Waals surface area contributed by atoms with E-state index in [1.165, 1.54) is 23.9 Å². The third-order valence-corrected chi connectivity index (χ3v) is 4.48. The summed E-state index contributed by atoms with van der Waals surface area (Å²) in [6.45, 7) is 0.690. The van der Waals surface area contributed by atoms with Crippen molar-refractivity contribution >= 4 is 17.2 Å². The quantitative estimate of drug-likeness (QED) is 0.522. The van der Waals surface area contributed by atoms with Gasteiger partial charge in [-0.15, -0.1) is 0 Å². The lowest BCUT2D eigenvalue weighted by molar-refractivity contribution is -0.383. The molecule has 0 spiro atoms. The maximum Gasteiger partial charge on any atom is 0.333 e. The molecule has 9 nitrogen and oxygen atoms in total. The lowest BCUT2D eigenvalue weighted by atomic mass is 10.1. The number of hydrogen-bond acceptors (Lipinski definition) is 7. The van der Waals surface area contributed by atoms with Crippen LogP contribution in [-0.4, -0.2) is 38.2 Å². The zero-order valence-corrected chi connectivity index (χ0v) is 13.9. The standard InChI is InChI=1S/C16H15FN6O3/c1-26-16-11(7-10(17)8-18-16)12-3-2-5-21(12)14-4-6-22-15(20-14)13(9-19-22)23(24)25/h4,6-9,12H,2-3,5H2,1H3/t12-/m1/s1. The monoisotopic (exact) mass is 358 g/mol. The molecule has 4 rings (SSSR count). The number of ether oxygens (including phenoxy) is 1. The summed E-state index contributed by atoms with van der Waals surface area (Å²) in [5, 5.41) is 15.1. The van der Waals surface area contributed by atoms with Crippen LogP contribution < -0.4 is 9.64 Å². The van der Waals surface area contributed by atoms with Gasteiger partial charge in [0, 0.05) is 18.3 Å². The molecule has 0 radical (unpaired) electrons. The molecule has 0 N–H and O–H groups in total. The van der Waals surface area contributed by atoms with E-state index in [-0.39, 0.29) is 17.4 Å². The number of halogens is 1. The number of hydrogen-bond donors (Lipinski definition) is 0. The highest BCUT2D eigenvalue weighted by atomic mass is 19.1. The lowest BCUT2D eigenvalue weighted by Crippen LogP contribution is -2.24. The van der Waals surface area contributed by atoms with Gasteiger partial charge in [0.25, 0.3) is 0 Å². The molecule has 3 aromatic rings. The van der Waals surface area contributed by atoms with E-state index in [9.17, 15) is 14.5 Å². The summed E-state index contributed by atoms with van der Waals surface area (Å²) in [6, 6.07) is 2.97. The average Bonchev–Trinajstić information content (AvgIpc) is 3.28. The summed E-state index contributed by atoms with van der Waals surface area (Å²) in [5.41, 5.74) is 0.643. The number of rotatable bonds is 4. The van der Waals surface area contributed by atoms with Crippen molar-refractivity contribution in [3.63, 3.8) is 0 Å². The van der Waals surface area contributed by atoms with Crippen molar-refractivity contribution in [2.24, 2.45) is 0 Å².